The third-order valence-corrected chi connectivity index (χ3v) is 5.00. The van der Waals surface area contributed by atoms with Gasteiger partial charge in [-0.2, -0.15) is 0 Å². The van der Waals surface area contributed by atoms with Gasteiger partial charge in [0, 0.05) is 10.0 Å². The summed E-state index contributed by atoms with van der Waals surface area (Å²) in [6.45, 7) is 2.12. The van der Waals surface area contributed by atoms with Crippen LogP contribution in [0.25, 0.3) is 0 Å². The van der Waals surface area contributed by atoms with Crippen LogP contribution in [0.4, 0.5) is 5.69 Å². The Morgan fingerprint density at radius 3 is 2.14 bits per heavy atom. The second-order valence-electron chi connectivity index (χ2n) is 5.01. The van der Waals surface area contributed by atoms with E-state index < -0.39 is 10.0 Å². The molecule has 0 fully saturated rings. The van der Waals surface area contributed by atoms with Gasteiger partial charge < -0.3 is 0 Å². The molecule has 1 N–H and O–H groups in total. The molecule has 2 aromatic rings. The first-order chi connectivity index (χ1) is 10.4. The Kier molecular flexibility index (Phi) is 5.73. The van der Waals surface area contributed by atoms with Gasteiger partial charge in [-0.3, -0.25) is 4.72 Å². The number of aryl methyl sites for hydroxylation is 1. The third kappa shape index (κ3) is 4.63. The van der Waals surface area contributed by atoms with Crippen molar-refractivity contribution in [1.82, 2.24) is 0 Å². The molecule has 2 rings (SSSR count). The van der Waals surface area contributed by atoms with E-state index in [1.54, 1.807) is 18.2 Å². The predicted octanol–water partition coefficient (Wildman–Crippen LogP) is 5.14. The number of hydrogen-bond acceptors (Lipinski definition) is 2. The fourth-order valence-corrected chi connectivity index (χ4v) is 3.61. The molecule has 0 aliphatic rings. The van der Waals surface area contributed by atoms with Crippen molar-refractivity contribution in [1.29, 1.82) is 0 Å². The van der Waals surface area contributed by atoms with Gasteiger partial charge in [-0.15, -0.1) is 0 Å². The molecule has 0 saturated carbocycles. The van der Waals surface area contributed by atoms with E-state index in [0.717, 1.165) is 24.8 Å². The van der Waals surface area contributed by atoms with Gasteiger partial charge in [0.1, 0.15) is 0 Å². The molecule has 6 heteroatoms. The molecule has 0 saturated heterocycles. The summed E-state index contributed by atoms with van der Waals surface area (Å²) in [4.78, 5) is 0.212. The number of benzene rings is 2. The zero-order valence-electron chi connectivity index (χ0n) is 12.1. The summed E-state index contributed by atoms with van der Waals surface area (Å²) in [6.07, 6.45) is 3.15. The van der Waals surface area contributed by atoms with Gasteiger partial charge >= 0.3 is 0 Å². The maximum Gasteiger partial charge on any atom is 0.261 e. The Morgan fingerprint density at radius 1 is 1.00 bits per heavy atom. The van der Waals surface area contributed by atoms with E-state index >= 15 is 0 Å². The first-order valence-corrected chi connectivity index (χ1v) is 9.22. The smallest absolute Gasteiger partial charge is 0.261 e. The highest BCUT2D eigenvalue weighted by Crippen LogP contribution is 2.24. The summed E-state index contributed by atoms with van der Waals surface area (Å²) in [6, 6.07) is 11.5. The lowest BCUT2D eigenvalue weighted by atomic mass is 10.1. The van der Waals surface area contributed by atoms with E-state index in [0.29, 0.717) is 15.7 Å². The summed E-state index contributed by atoms with van der Waals surface area (Å²) in [5, 5.41) is 0.750. The van der Waals surface area contributed by atoms with Crippen molar-refractivity contribution in [2.45, 2.75) is 31.1 Å². The van der Waals surface area contributed by atoms with E-state index in [-0.39, 0.29) is 4.90 Å². The van der Waals surface area contributed by atoms with Crippen LogP contribution in [0.5, 0.6) is 0 Å². The molecule has 0 radical (unpaired) electrons. The van der Waals surface area contributed by atoms with Crippen molar-refractivity contribution in [3.8, 4) is 0 Å². The summed E-state index contributed by atoms with van der Waals surface area (Å²) in [5.74, 6) is 0. The van der Waals surface area contributed by atoms with Crippen LogP contribution in [0, 0.1) is 0 Å². The largest absolute Gasteiger partial charge is 0.280 e. The van der Waals surface area contributed by atoms with Crippen molar-refractivity contribution in [2.24, 2.45) is 0 Å². The zero-order chi connectivity index (χ0) is 16.2. The van der Waals surface area contributed by atoms with E-state index in [1.807, 2.05) is 12.1 Å². The van der Waals surface area contributed by atoms with Gasteiger partial charge in [0.05, 0.1) is 10.6 Å². The van der Waals surface area contributed by atoms with Crippen LogP contribution in [-0.2, 0) is 16.4 Å². The molecule has 0 amide bonds. The van der Waals surface area contributed by atoms with Crippen LogP contribution in [0.2, 0.25) is 10.0 Å². The summed E-state index contributed by atoms with van der Waals surface area (Å²) >= 11 is 11.7. The van der Waals surface area contributed by atoms with Gasteiger partial charge in [0.2, 0.25) is 0 Å². The van der Waals surface area contributed by atoms with Crippen LogP contribution in [0.1, 0.15) is 25.3 Å². The van der Waals surface area contributed by atoms with E-state index in [9.17, 15) is 8.42 Å². The van der Waals surface area contributed by atoms with Crippen LogP contribution >= 0.6 is 23.2 Å². The fraction of sp³-hybridized carbons (Fsp3) is 0.250. The van der Waals surface area contributed by atoms with Crippen LogP contribution in [-0.4, -0.2) is 8.42 Å². The lowest BCUT2D eigenvalue weighted by Gasteiger charge is -2.09. The Balaban J connectivity index is 2.19. The minimum atomic E-state index is -3.65. The predicted molar refractivity (Wildman–Crippen MR) is 92.3 cm³/mol. The minimum absolute atomic E-state index is 0.212. The Hall–Kier alpha value is -1.23. The Morgan fingerprint density at radius 2 is 1.59 bits per heavy atom. The molecule has 118 valence electrons. The molecule has 0 aliphatic carbocycles. The number of rotatable bonds is 6. The molecular formula is C16H17Cl2NO2S. The quantitative estimate of drug-likeness (QED) is 0.777. The zero-order valence-corrected chi connectivity index (χ0v) is 14.5. The van der Waals surface area contributed by atoms with Gasteiger partial charge in [-0.25, -0.2) is 8.42 Å². The first kappa shape index (κ1) is 17.1. The molecule has 0 bridgehead atoms. The fourth-order valence-electron chi connectivity index (χ4n) is 2.04. The van der Waals surface area contributed by atoms with E-state index in [2.05, 4.69) is 11.6 Å². The molecule has 2 aromatic carbocycles. The average Bonchev–Trinajstić information content (AvgIpc) is 2.44. The molecule has 0 unspecified atom stereocenters. The van der Waals surface area contributed by atoms with Crippen molar-refractivity contribution in [2.75, 3.05) is 4.72 Å². The topological polar surface area (TPSA) is 46.2 Å². The standard InChI is InChI=1S/C16H17Cl2NO2S/c1-2-3-4-12-5-7-16(8-6-12)22(20,21)19-15-10-13(17)9-14(18)11-15/h5-11,19H,2-4H2,1H3. The summed E-state index contributed by atoms with van der Waals surface area (Å²) < 4.78 is 27.2. The molecule has 0 heterocycles. The molecule has 22 heavy (non-hydrogen) atoms. The SMILES string of the molecule is CCCCc1ccc(S(=O)(=O)Nc2cc(Cl)cc(Cl)c2)cc1. The van der Waals surface area contributed by atoms with Crippen LogP contribution in [0.15, 0.2) is 47.4 Å². The highest BCUT2D eigenvalue weighted by atomic mass is 35.5. The van der Waals surface area contributed by atoms with Crippen molar-refractivity contribution in [3.05, 3.63) is 58.1 Å². The average molecular weight is 358 g/mol. The second-order valence-corrected chi connectivity index (χ2v) is 7.57. The number of unbranched alkanes of at least 4 members (excludes halogenated alkanes) is 1. The Labute approximate surface area is 141 Å². The highest BCUT2D eigenvalue weighted by Gasteiger charge is 2.14. The summed E-state index contributed by atoms with van der Waals surface area (Å²) in [5.41, 5.74) is 1.47. The molecule has 0 spiro atoms. The molecule has 3 nitrogen and oxygen atoms in total. The van der Waals surface area contributed by atoms with Gasteiger partial charge in [0.25, 0.3) is 10.0 Å². The lowest BCUT2D eigenvalue weighted by Crippen LogP contribution is -2.13. The number of sulfonamides is 1. The summed E-state index contributed by atoms with van der Waals surface area (Å²) in [7, 11) is -3.65. The van der Waals surface area contributed by atoms with Gasteiger partial charge in [-0.1, -0.05) is 48.7 Å². The number of hydrogen-bond donors (Lipinski definition) is 1. The normalized spacial score (nSPS) is 11.4. The van der Waals surface area contributed by atoms with Crippen molar-refractivity contribution < 1.29 is 8.42 Å². The number of nitrogens with one attached hydrogen (secondary N) is 1. The van der Waals surface area contributed by atoms with Crippen LogP contribution < -0.4 is 4.72 Å². The van der Waals surface area contributed by atoms with E-state index in [1.165, 1.54) is 12.1 Å². The Bertz CT molecular complexity index is 723. The first-order valence-electron chi connectivity index (χ1n) is 6.98. The second kappa shape index (κ2) is 7.36. The maximum atomic E-state index is 12.4. The molecule has 0 aliphatic heterocycles. The van der Waals surface area contributed by atoms with Gasteiger partial charge in [-0.05, 0) is 48.7 Å². The van der Waals surface area contributed by atoms with Gasteiger partial charge in [0.15, 0.2) is 0 Å². The molecule has 0 atom stereocenters. The third-order valence-electron chi connectivity index (χ3n) is 3.17. The molecular weight excluding hydrogens is 341 g/mol. The lowest BCUT2D eigenvalue weighted by molar-refractivity contribution is 0.601. The minimum Gasteiger partial charge on any atom is -0.280 e. The highest BCUT2D eigenvalue weighted by molar-refractivity contribution is 7.92. The molecule has 0 aromatic heterocycles. The number of halogens is 2. The van der Waals surface area contributed by atoms with E-state index in [4.69, 9.17) is 23.2 Å². The van der Waals surface area contributed by atoms with Crippen LogP contribution in [0.3, 0.4) is 0 Å². The van der Waals surface area contributed by atoms with Crippen molar-refractivity contribution >= 4 is 38.9 Å². The van der Waals surface area contributed by atoms with Crippen molar-refractivity contribution in [3.63, 3.8) is 0 Å². The maximum absolute atomic E-state index is 12.4. The number of anilines is 1. The monoisotopic (exact) mass is 357 g/mol.